The monoisotopic (exact) mass is 238 g/mol. The van der Waals surface area contributed by atoms with E-state index in [0.717, 1.165) is 37.3 Å². The van der Waals surface area contributed by atoms with E-state index >= 15 is 0 Å². The second-order valence-corrected chi connectivity index (χ2v) is 4.27. The van der Waals surface area contributed by atoms with Crippen molar-refractivity contribution in [2.75, 3.05) is 20.8 Å². The molecule has 0 amide bonds. The molecular weight excluding hydrogens is 220 g/mol. The molecule has 1 aliphatic rings. The highest BCUT2D eigenvalue weighted by Gasteiger charge is 2.26. The van der Waals surface area contributed by atoms with Crippen molar-refractivity contribution >= 4 is 5.97 Å². The maximum absolute atomic E-state index is 11.5. The number of esters is 1. The van der Waals surface area contributed by atoms with Gasteiger partial charge in [0.15, 0.2) is 0 Å². The molecule has 17 heavy (non-hydrogen) atoms. The van der Waals surface area contributed by atoms with Gasteiger partial charge in [-0.15, -0.1) is 0 Å². The van der Waals surface area contributed by atoms with E-state index in [0.29, 0.717) is 6.61 Å². The van der Waals surface area contributed by atoms with Crippen molar-refractivity contribution in [3.8, 4) is 0 Å². The summed E-state index contributed by atoms with van der Waals surface area (Å²) in [5.41, 5.74) is 1.12. The third-order valence-corrected chi connectivity index (χ3v) is 3.24. The van der Waals surface area contributed by atoms with Crippen LogP contribution in [0.2, 0.25) is 0 Å². The lowest BCUT2D eigenvalue weighted by Crippen LogP contribution is -2.27. The summed E-state index contributed by atoms with van der Waals surface area (Å²) in [6.45, 7) is 1.52. The van der Waals surface area contributed by atoms with Crippen molar-refractivity contribution in [2.45, 2.75) is 25.8 Å². The molecule has 0 N–H and O–H groups in total. The molecule has 5 heteroatoms. The minimum atomic E-state index is -0.115. The number of imidazole rings is 1. The van der Waals surface area contributed by atoms with Gasteiger partial charge in [-0.1, -0.05) is 0 Å². The normalized spacial score (nSPS) is 18.8. The Hall–Kier alpha value is -1.36. The first-order chi connectivity index (χ1) is 8.26. The smallest absolute Gasteiger partial charge is 0.309 e. The highest BCUT2D eigenvalue weighted by atomic mass is 16.5. The zero-order valence-corrected chi connectivity index (χ0v) is 10.3. The lowest BCUT2D eigenvalue weighted by atomic mass is 9.96. The molecule has 1 aromatic rings. The first kappa shape index (κ1) is 12.1. The molecule has 1 aromatic heterocycles. The van der Waals surface area contributed by atoms with Gasteiger partial charge in [0.2, 0.25) is 0 Å². The van der Waals surface area contributed by atoms with Crippen LogP contribution in [0.15, 0.2) is 6.20 Å². The minimum Gasteiger partial charge on any atom is -0.469 e. The fourth-order valence-corrected chi connectivity index (χ4v) is 2.29. The van der Waals surface area contributed by atoms with Gasteiger partial charge in [0.25, 0.3) is 0 Å². The third kappa shape index (κ3) is 2.49. The molecule has 0 aliphatic carbocycles. The van der Waals surface area contributed by atoms with Gasteiger partial charge in [-0.3, -0.25) is 4.79 Å². The number of fused-ring (bicyclic) bond motifs is 1. The van der Waals surface area contributed by atoms with Gasteiger partial charge in [-0.05, 0) is 6.42 Å². The first-order valence-electron chi connectivity index (χ1n) is 5.86. The van der Waals surface area contributed by atoms with E-state index in [1.807, 2.05) is 6.20 Å². The maximum atomic E-state index is 11.5. The van der Waals surface area contributed by atoms with E-state index in [1.54, 1.807) is 7.11 Å². The molecule has 5 nitrogen and oxygen atoms in total. The predicted molar refractivity (Wildman–Crippen MR) is 61.6 cm³/mol. The van der Waals surface area contributed by atoms with Crippen LogP contribution in [0.3, 0.4) is 0 Å². The Morgan fingerprint density at radius 3 is 3.12 bits per heavy atom. The zero-order valence-electron chi connectivity index (χ0n) is 10.3. The largest absolute Gasteiger partial charge is 0.469 e. The van der Waals surface area contributed by atoms with Crippen molar-refractivity contribution in [1.82, 2.24) is 9.55 Å². The molecule has 0 spiro atoms. The van der Waals surface area contributed by atoms with Gasteiger partial charge in [0.1, 0.15) is 5.82 Å². The lowest BCUT2D eigenvalue weighted by Gasteiger charge is -2.23. The Bertz CT molecular complexity index is 400. The highest BCUT2D eigenvalue weighted by Crippen LogP contribution is 2.23. The number of hydrogen-bond donors (Lipinski definition) is 0. The fourth-order valence-electron chi connectivity index (χ4n) is 2.29. The van der Waals surface area contributed by atoms with Gasteiger partial charge in [0, 0.05) is 38.4 Å². The molecular formula is C12H18N2O3. The zero-order chi connectivity index (χ0) is 12.3. The summed E-state index contributed by atoms with van der Waals surface area (Å²) in [6.07, 6.45) is 4.24. The number of carbonyl (C=O) groups is 1. The molecule has 2 rings (SSSR count). The number of carbonyl (C=O) groups excluding carboxylic acids is 1. The maximum Gasteiger partial charge on any atom is 0.309 e. The van der Waals surface area contributed by atoms with Crippen LogP contribution < -0.4 is 0 Å². The molecule has 1 atom stereocenters. The summed E-state index contributed by atoms with van der Waals surface area (Å²) in [6, 6.07) is 0. The minimum absolute atomic E-state index is 0.0144. The van der Waals surface area contributed by atoms with Crippen LogP contribution in [0, 0.1) is 5.92 Å². The number of rotatable bonds is 4. The molecule has 94 valence electrons. The average Bonchev–Trinajstić information content (AvgIpc) is 2.77. The summed E-state index contributed by atoms with van der Waals surface area (Å²) in [7, 11) is 3.13. The van der Waals surface area contributed by atoms with Crippen molar-refractivity contribution in [3.63, 3.8) is 0 Å². The summed E-state index contributed by atoms with van der Waals surface area (Å²) in [5.74, 6) is 0.917. The topological polar surface area (TPSA) is 53.4 Å². The van der Waals surface area contributed by atoms with Gasteiger partial charge < -0.3 is 14.0 Å². The van der Waals surface area contributed by atoms with E-state index in [9.17, 15) is 4.79 Å². The van der Waals surface area contributed by atoms with E-state index in [4.69, 9.17) is 9.47 Å². The van der Waals surface area contributed by atoms with Crippen LogP contribution in [0.25, 0.3) is 0 Å². The van der Waals surface area contributed by atoms with Crippen LogP contribution in [0.5, 0.6) is 0 Å². The summed E-state index contributed by atoms with van der Waals surface area (Å²) < 4.78 is 12.0. The number of ether oxygens (including phenoxy) is 2. The van der Waals surface area contributed by atoms with Gasteiger partial charge >= 0.3 is 5.97 Å². The fraction of sp³-hybridized carbons (Fsp3) is 0.667. The molecule has 0 radical (unpaired) electrons. The predicted octanol–water partition coefficient (Wildman–Crippen LogP) is 0.807. The second-order valence-electron chi connectivity index (χ2n) is 4.27. The van der Waals surface area contributed by atoms with Crippen LogP contribution >= 0.6 is 0 Å². The van der Waals surface area contributed by atoms with Gasteiger partial charge in [-0.25, -0.2) is 4.98 Å². The van der Waals surface area contributed by atoms with E-state index < -0.39 is 0 Å². The van der Waals surface area contributed by atoms with E-state index in [1.165, 1.54) is 7.11 Å². The Balaban J connectivity index is 2.07. The van der Waals surface area contributed by atoms with Crippen molar-refractivity contribution in [1.29, 1.82) is 0 Å². The Morgan fingerprint density at radius 2 is 2.41 bits per heavy atom. The van der Waals surface area contributed by atoms with E-state index in [-0.39, 0.29) is 11.9 Å². The average molecular weight is 238 g/mol. The van der Waals surface area contributed by atoms with Gasteiger partial charge in [0.05, 0.1) is 19.6 Å². The quantitative estimate of drug-likeness (QED) is 0.728. The van der Waals surface area contributed by atoms with Crippen molar-refractivity contribution < 1.29 is 14.3 Å². The summed E-state index contributed by atoms with van der Waals surface area (Å²) >= 11 is 0. The highest BCUT2D eigenvalue weighted by molar-refractivity contribution is 5.72. The molecule has 1 aliphatic heterocycles. The first-order valence-corrected chi connectivity index (χ1v) is 5.86. The van der Waals surface area contributed by atoms with E-state index in [2.05, 4.69) is 9.55 Å². The molecule has 0 saturated heterocycles. The van der Waals surface area contributed by atoms with Crippen LogP contribution in [-0.4, -0.2) is 36.3 Å². The Morgan fingerprint density at radius 1 is 1.59 bits per heavy atom. The number of hydrogen-bond acceptors (Lipinski definition) is 4. The van der Waals surface area contributed by atoms with Gasteiger partial charge in [-0.2, -0.15) is 0 Å². The molecule has 0 saturated carbocycles. The molecule has 0 bridgehead atoms. The van der Waals surface area contributed by atoms with Crippen molar-refractivity contribution in [3.05, 3.63) is 17.7 Å². The Kier molecular flexibility index (Phi) is 3.78. The number of methoxy groups -OCH3 is 2. The number of nitrogens with zero attached hydrogens (tertiary/aromatic N) is 2. The summed E-state index contributed by atoms with van der Waals surface area (Å²) in [5, 5.41) is 0. The van der Waals surface area contributed by atoms with Crippen LogP contribution in [0.1, 0.15) is 17.9 Å². The third-order valence-electron chi connectivity index (χ3n) is 3.24. The summed E-state index contributed by atoms with van der Waals surface area (Å²) in [4.78, 5) is 15.9. The lowest BCUT2D eigenvalue weighted by molar-refractivity contribution is -0.146. The molecule has 0 aromatic carbocycles. The van der Waals surface area contributed by atoms with Crippen molar-refractivity contribution in [2.24, 2.45) is 5.92 Å². The Labute approximate surface area is 101 Å². The standard InChI is InChI=1S/C12H18N2O3/c1-16-6-4-11-13-8-10-7-9(12(15)17-2)3-5-14(10)11/h8-9H,3-7H2,1-2H3. The second kappa shape index (κ2) is 5.31. The molecule has 2 heterocycles. The van der Waals surface area contributed by atoms with Crippen LogP contribution in [-0.2, 0) is 33.7 Å². The van der Waals surface area contributed by atoms with Crippen LogP contribution in [0.4, 0.5) is 0 Å². The molecule has 1 unspecified atom stereocenters. The molecule has 0 fully saturated rings. The number of aromatic nitrogens is 2. The SMILES string of the molecule is COCCc1ncc2n1CCC(C(=O)OC)C2.